The van der Waals surface area contributed by atoms with Crippen LogP contribution in [0.1, 0.15) is 0 Å². The van der Waals surface area contributed by atoms with E-state index in [4.69, 9.17) is 11.0 Å². The van der Waals surface area contributed by atoms with Crippen molar-refractivity contribution in [1.82, 2.24) is 0 Å². The largest absolute Gasteiger partial charge is 0.456 e. The average Bonchev–Trinajstić information content (AvgIpc) is 3.66. The third kappa shape index (κ3) is 4.70. The lowest BCUT2D eigenvalue weighted by atomic mass is 9.84. The molecule has 2 heteroatoms. The van der Waals surface area contributed by atoms with Crippen LogP contribution in [0.3, 0.4) is 0 Å². The molecule has 0 aliphatic rings. The minimum absolute atomic E-state index is 0.648. The Morgan fingerprint density at radius 2 is 0.842 bits per heavy atom. The number of furan rings is 1. The van der Waals surface area contributed by atoms with Crippen LogP contribution in [0.4, 0.5) is 5.69 Å². The Labute approximate surface area is 328 Å². The Morgan fingerprint density at radius 3 is 1.51 bits per heavy atom. The molecular weight excluding hydrogens is 691 g/mol. The summed E-state index contributed by atoms with van der Waals surface area (Å²) in [6, 6.07) is 67.7. The van der Waals surface area contributed by atoms with Crippen LogP contribution in [-0.4, -0.2) is 0 Å². The molecule has 0 bridgehead atoms. The number of rotatable bonds is 3. The van der Waals surface area contributed by atoms with E-state index in [1.165, 1.54) is 92.3 Å². The molecule has 0 N–H and O–H groups in total. The van der Waals surface area contributed by atoms with Crippen LogP contribution in [-0.2, 0) is 0 Å². The topological polar surface area (TPSA) is 17.5 Å². The molecule has 0 unspecified atom stereocenters. The van der Waals surface area contributed by atoms with Crippen molar-refractivity contribution < 1.29 is 4.42 Å². The van der Waals surface area contributed by atoms with Crippen LogP contribution >= 0.6 is 0 Å². The molecule has 12 rings (SSSR count). The zero-order valence-corrected chi connectivity index (χ0v) is 30.8. The smallest absolute Gasteiger partial charge is 0.187 e. The van der Waals surface area contributed by atoms with Gasteiger partial charge in [0.1, 0.15) is 11.2 Å². The Balaban J connectivity index is 1.11. The number of benzene rings is 11. The third-order valence-electron chi connectivity index (χ3n) is 12.0. The molecule has 0 aliphatic carbocycles. The first-order chi connectivity index (χ1) is 28.2. The SMILES string of the molecule is [C-]#[N+]c1ccc(-c2cccc(-c3c4ccccc4c(-c4ccc5c(c4)c4ccccc4c4cc6c(cc54)oc4ccc5ccccc5c46)c4ccccc34)c2)cc1. The second kappa shape index (κ2) is 12.1. The normalized spacial score (nSPS) is 11.8. The summed E-state index contributed by atoms with van der Waals surface area (Å²) in [6.07, 6.45) is 0. The summed E-state index contributed by atoms with van der Waals surface area (Å²) in [5.74, 6) is 0. The van der Waals surface area contributed by atoms with Crippen molar-refractivity contribution in [3.8, 4) is 33.4 Å². The van der Waals surface area contributed by atoms with Gasteiger partial charge in [0.15, 0.2) is 5.69 Å². The van der Waals surface area contributed by atoms with Crippen molar-refractivity contribution in [2.24, 2.45) is 0 Å². The minimum atomic E-state index is 0.648. The molecule has 2 nitrogen and oxygen atoms in total. The predicted octanol–water partition coefficient (Wildman–Crippen LogP) is 16.1. The van der Waals surface area contributed by atoms with Gasteiger partial charge in [-0.15, -0.1) is 0 Å². The number of fused-ring (bicyclic) bond motifs is 13. The molecule has 11 aromatic carbocycles. The lowest BCUT2D eigenvalue weighted by Crippen LogP contribution is -1.92. The highest BCUT2D eigenvalue weighted by atomic mass is 16.3. The van der Waals surface area contributed by atoms with Crippen molar-refractivity contribution in [2.75, 3.05) is 0 Å². The first-order valence-corrected chi connectivity index (χ1v) is 19.4. The van der Waals surface area contributed by atoms with E-state index in [-0.39, 0.29) is 0 Å². The highest BCUT2D eigenvalue weighted by Crippen LogP contribution is 2.47. The summed E-state index contributed by atoms with van der Waals surface area (Å²) >= 11 is 0. The van der Waals surface area contributed by atoms with E-state index in [0.717, 1.165) is 27.7 Å². The van der Waals surface area contributed by atoms with E-state index in [1.54, 1.807) is 0 Å². The van der Waals surface area contributed by atoms with Crippen molar-refractivity contribution in [3.63, 3.8) is 0 Å². The molecule has 0 aliphatic heterocycles. The zero-order valence-electron chi connectivity index (χ0n) is 30.8. The molecule has 0 amide bonds. The van der Waals surface area contributed by atoms with E-state index in [9.17, 15) is 0 Å². The highest BCUT2D eigenvalue weighted by molar-refractivity contribution is 6.31. The molecule has 0 saturated heterocycles. The molecule has 0 atom stereocenters. The standard InChI is InChI=1S/C55H31NO/c1-56-38-25-21-33(22-26-38)35-12-10-13-36(29-35)53-43-17-6-8-19-45(43)54(46-20-9-7-18-44(46)53)37-23-27-42-47(30-37)40-15-4-5-16-41(40)48-31-50-52(32-49(42)48)57-51-28-24-34-11-2-3-14-39(34)55(50)51/h2-32H. The van der Waals surface area contributed by atoms with E-state index >= 15 is 0 Å². The summed E-state index contributed by atoms with van der Waals surface area (Å²) in [5.41, 5.74) is 9.52. The summed E-state index contributed by atoms with van der Waals surface area (Å²) in [6.45, 7) is 7.39. The average molecular weight is 722 g/mol. The van der Waals surface area contributed by atoms with Gasteiger partial charge in [0.05, 0.1) is 6.57 Å². The van der Waals surface area contributed by atoms with Crippen LogP contribution < -0.4 is 0 Å². The fourth-order valence-corrected chi connectivity index (χ4v) is 9.48. The maximum atomic E-state index is 7.39. The van der Waals surface area contributed by atoms with Gasteiger partial charge in [-0.2, -0.15) is 0 Å². The second-order valence-electron chi connectivity index (χ2n) is 15.0. The quantitative estimate of drug-likeness (QED) is 0.101. The Morgan fingerprint density at radius 1 is 0.316 bits per heavy atom. The Bertz CT molecular complexity index is 3640. The van der Waals surface area contributed by atoms with E-state index < -0.39 is 0 Å². The maximum absolute atomic E-state index is 7.39. The van der Waals surface area contributed by atoms with Crippen LogP contribution in [0.5, 0.6) is 0 Å². The van der Waals surface area contributed by atoms with Gasteiger partial charge in [0, 0.05) is 10.8 Å². The van der Waals surface area contributed by atoms with E-state index in [1.807, 2.05) is 24.3 Å². The van der Waals surface area contributed by atoms with Crippen LogP contribution in [0, 0.1) is 6.57 Å². The van der Waals surface area contributed by atoms with Gasteiger partial charge >= 0.3 is 0 Å². The summed E-state index contributed by atoms with van der Waals surface area (Å²) in [5, 5.41) is 17.0. The lowest BCUT2D eigenvalue weighted by molar-refractivity contribution is 0.670. The Kier molecular flexibility index (Phi) is 6.73. The van der Waals surface area contributed by atoms with Crippen molar-refractivity contribution >= 4 is 92.3 Å². The lowest BCUT2D eigenvalue weighted by Gasteiger charge is -2.19. The highest BCUT2D eigenvalue weighted by Gasteiger charge is 2.20. The number of hydrogen-bond acceptors (Lipinski definition) is 1. The van der Waals surface area contributed by atoms with Crippen LogP contribution in [0.15, 0.2) is 192 Å². The fourth-order valence-electron chi connectivity index (χ4n) is 9.48. The van der Waals surface area contributed by atoms with E-state index in [2.05, 4.69) is 169 Å². The predicted molar refractivity (Wildman–Crippen MR) is 241 cm³/mol. The molecule has 0 spiro atoms. The summed E-state index contributed by atoms with van der Waals surface area (Å²) in [4.78, 5) is 3.59. The molecule has 262 valence electrons. The van der Waals surface area contributed by atoms with Gasteiger partial charge in [-0.25, -0.2) is 4.85 Å². The zero-order chi connectivity index (χ0) is 37.6. The van der Waals surface area contributed by atoms with Crippen LogP contribution in [0.25, 0.3) is 125 Å². The molecule has 57 heavy (non-hydrogen) atoms. The van der Waals surface area contributed by atoms with Gasteiger partial charge < -0.3 is 4.42 Å². The van der Waals surface area contributed by atoms with Gasteiger partial charge in [-0.3, -0.25) is 0 Å². The number of hydrogen-bond donors (Lipinski definition) is 0. The van der Waals surface area contributed by atoms with Gasteiger partial charge in [-0.1, -0.05) is 158 Å². The second-order valence-corrected chi connectivity index (χ2v) is 15.0. The van der Waals surface area contributed by atoms with Crippen molar-refractivity contribution in [1.29, 1.82) is 0 Å². The van der Waals surface area contributed by atoms with Gasteiger partial charge in [0.25, 0.3) is 0 Å². The fraction of sp³-hybridized carbons (Fsp3) is 0. The summed E-state index contributed by atoms with van der Waals surface area (Å²) < 4.78 is 6.60. The van der Waals surface area contributed by atoms with Gasteiger partial charge in [0.2, 0.25) is 0 Å². The first-order valence-electron chi connectivity index (χ1n) is 19.4. The Hall–Kier alpha value is -7.73. The molecule has 0 fully saturated rings. The molecule has 1 aromatic heterocycles. The first kappa shape index (κ1) is 31.6. The van der Waals surface area contributed by atoms with Gasteiger partial charge in [-0.05, 0) is 128 Å². The third-order valence-corrected chi connectivity index (χ3v) is 12.0. The van der Waals surface area contributed by atoms with E-state index in [0.29, 0.717) is 5.69 Å². The van der Waals surface area contributed by atoms with Crippen molar-refractivity contribution in [2.45, 2.75) is 0 Å². The molecule has 1 heterocycles. The minimum Gasteiger partial charge on any atom is -0.456 e. The maximum Gasteiger partial charge on any atom is 0.187 e. The monoisotopic (exact) mass is 721 g/mol. The molecule has 0 radical (unpaired) electrons. The molecule has 0 saturated carbocycles. The van der Waals surface area contributed by atoms with Crippen molar-refractivity contribution in [3.05, 3.63) is 199 Å². The number of nitrogens with zero attached hydrogens (tertiary/aromatic N) is 1. The molecular formula is C55H31NO. The summed E-state index contributed by atoms with van der Waals surface area (Å²) in [7, 11) is 0. The molecule has 12 aromatic rings. The van der Waals surface area contributed by atoms with Crippen LogP contribution in [0.2, 0.25) is 0 Å².